The van der Waals surface area contributed by atoms with Crippen molar-refractivity contribution in [3.63, 3.8) is 0 Å². The summed E-state index contributed by atoms with van der Waals surface area (Å²) < 4.78 is 32.7. The summed E-state index contributed by atoms with van der Waals surface area (Å²) in [5.41, 5.74) is 0.936. The third-order valence-corrected chi connectivity index (χ3v) is 5.14. The van der Waals surface area contributed by atoms with Gasteiger partial charge in [0, 0.05) is 23.1 Å². The lowest BCUT2D eigenvalue weighted by Gasteiger charge is -2.06. The van der Waals surface area contributed by atoms with E-state index in [9.17, 15) is 18.4 Å². The summed E-state index contributed by atoms with van der Waals surface area (Å²) >= 11 is 1.14. The van der Waals surface area contributed by atoms with Crippen LogP contribution in [0.15, 0.2) is 17.5 Å². The van der Waals surface area contributed by atoms with Crippen LogP contribution in [-0.2, 0) is 16.0 Å². The van der Waals surface area contributed by atoms with Crippen LogP contribution in [0.5, 0.6) is 0 Å². The monoisotopic (exact) mass is 421 g/mol. The van der Waals surface area contributed by atoms with Gasteiger partial charge >= 0.3 is 5.97 Å². The van der Waals surface area contributed by atoms with Crippen molar-refractivity contribution in [2.24, 2.45) is 0 Å². The van der Waals surface area contributed by atoms with Gasteiger partial charge in [0.1, 0.15) is 5.69 Å². The zero-order valence-electron chi connectivity index (χ0n) is 15.4. The van der Waals surface area contributed by atoms with Gasteiger partial charge in [-0.15, -0.1) is 11.3 Å². The first-order valence-corrected chi connectivity index (χ1v) is 9.92. The number of nitrogens with one attached hydrogen (secondary N) is 1. The summed E-state index contributed by atoms with van der Waals surface area (Å²) in [6, 6.07) is 2.73. The van der Waals surface area contributed by atoms with Crippen LogP contribution in [-0.4, -0.2) is 38.1 Å². The Balaban J connectivity index is 1.54. The molecule has 1 N–H and O–H groups in total. The van der Waals surface area contributed by atoms with E-state index >= 15 is 0 Å². The van der Waals surface area contributed by atoms with Gasteiger partial charge in [-0.1, -0.05) is 0 Å². The fourth-order valence-electron chi connectivity index (χ4n) is 2.84. The third-order valence-electron chi connectivity index (χ3n) is 4.33. The van der Waals surface area contributed by atoms with Crippen molar-refractivity contribution in [1.82, 2.24) is 19.6 Å². The van der Waals surface area contributed by atoms with Gasteiger partial charge in [0.15, 0.2) is 16.5 Å². The van der Waals surface area contributed by atoms with Crippen LogP contribution in [0.25, 0.3) is 5.65 Å². The maximum Gasteiger partial charge on any atom is 0.311 e. The molecule has 3 aromatic heterocycles. The molecule has 0 saturated heterocycles. The second-order valence-electron chi connectivity index (χ2n) is 6.56. The average Bonchev–Trinajstić information content (AvgIpc) is 3.29. The molecule has 0 aromatic carbocycles. The van der Waals surface area contributed by atoms with E-state index in [0.717, 1.165) is 28.7 Å². The number of carbonyl (C=O) groups excluding carboxylic acids is 2. The van der Waals surface area contributed by atoms with E-state index in [1.807, 2.05) is 0 Å². The molecular formula is C18H17F2N5O3S. The molecule has 4 rings (SSSR count). The first kappa shape index (κ1) is 19.4. The Kier molecular flexibility index (Phi) is 5.22. The zero-order valence-corrected chi connectivity index (χ0v) is 16.2. The minimum Gasteiger partial charge on any atom is -0.466 e. The van der Waals surface area contributed by atoms with Crippen LogP contribution < -0.4 is 5.32 Å². The standard InChI is InChI=1S/C18H17F2N5O3S/c1-2-28-15(26)5-10-8-29-18(21-10)23-17(27)12-7-14-22-11(9-3-4-9)6-13(16(19)20)25(14)24-12/h6-9,16H,2-5H2,1H3,(H,21,23,27). The topological polar surface area (TPSA) is 98.5 Å². The van der Waals surface area contributed by atoms with Crippen molar-refractivity contribution < 1.29 is 23.1 Å². The van der Waals surface area contributed by atoms with Crippen molar-refractivity contribution in [3.05, 3.63) is 40.3 Å². The van der Waals surface area contributed by atoms with E-state index in [0.29, 0.717) is 11.4 Å². The summed E-state index contributed by atoms with van der Waals surface area (Å²) in [5.74, 6) is -0.813. The number of nitrogens with zero attached hydrogens (tertiary/aromatic N) is 4. The maximum atomic E-state index is 13.4. The molecule has 0 unspecified atom stereocenters. The van der Waals surface area contributed by atoms with E-state index < -0.39 is 18.3 Å². The van der Waals surface area contributed by atoms with Gasteiger partial charge in [-0.2, -0.15) is 5.10 Å². The van der Waals surface area contributed by atoms with E-state index in [-0.39, 0.29) is 41.1 Å². The Morgan fingerprint density at radius 2 is 2.14 bits per heavy atom. The first-order chi connectivity index (χ1) is 13.9. The van der Waals surface area contributed by atoms with Crippen molar-refractivity contribution in [3.8, 4) is 0 Å². The molecule has 0 bridgehead atoms. The van der Waals surface area contributed by atoms with Crippen molar-refractivity contribution in [2.75, 3.05) is 11.9 Å². The highest BCUT2D eigenvalue weighted by Crippen LogP contribution is 2.40. The van der Waals surface area contributed by atoms with Gasteiger partial charge in [-0.3, -0.25) is 14.9 Å². The molecule has 11 heteroatoms. The summed E-state index contributed by atoms with van der Waals surface area (Å²) in [5, 5.41) is 8.47. The van der Waals surface area contributed by atoms with Gasteiger partial charge in [0.2, 0.25) is 0 Å². The normalized spacial score (nSPS) is 13.8. The largest absolute Gasteiger partial charge is 0.466 e. The minimum atomic E-state index is -2.74. The quantitative estimate of drug-likeness (QED) is 0.588. The summed E-state index contributed by atoms with van der Waals surface area (Å²) in [6.45, 7) is 1.99. The SMILES string of the molecule is CCOC(=O)Cc1csc(NC(=O)c2cc3nc(C4CC4)cc(C(F)F)n3n2)n1. The lowest BCUT2D eigenvalue weighted by atomic mass is 10.2. The fourth-order valence-corrected chi connectivity index (χ4v) is 3.54. The first-order valence-electron chi connectivity index (χ1n) is 9.04. The molecule has 8 nitrogen and oxygen atoms in total. The number of rotatable bonds is 7. The number of hydrogen-bond acceptors (Lipinski definition) is 7. The Hall–Kier alpha value is -2.95. The van der Waals surface area contributed by atoms with Gasteiger partial charge in [0.05, 0.1) is 18.7 Å². The zero-order chi connectivity index (χ0) is 20.5. The van der Waals surface area contributed by atoms with Crippen molar-refractivity contribution >= 4 is 34.0 Å². The molecule has 1 saturated carbocycles. The number of halogens is 2. The maximum absolute atomic E-state index is 13.4. The molecule has 0 atom stereocenters. The van der Waals surface area contributed by atoms with Crippen LogP contribution in [0.3, 0.4) is 0 Å². The van der Waals surface area contributed by atoms with Crippen LogP contribution in [0.4, 0.5) is 13.9 Å². The molecule has 1 amide bonds. The number of alkyl halides is 2. The number of fused-ring (bicyclic) bond motifs is 1. The molecule has 152 valence electrons. The predicted octanol–water partition coefficient (Wildman–Crippen LogP) is 3.36. The molecule has 1 aliphatic rings. The summed E-state index contributed by atoms with van der Waals surface area (Å²) in [4.78, 5) is 32.5. The molecule has 3 aromatic rings. The van der Waals surface area contributed by atoms with Gasteiger partial charge in [-0.25, -0.2) is 23.3 Å². The highest BCUT2D eigenvalue weighted by molar-refractivity contribution is 7.14. The summed E-state index contributed by atoms with van der Waals surface area (Å²) in [7, 11) is 0. The Labute approximate surface area is 167 Å². The van der Waals surface area contributed by atoms with Crippen molar-refractivity contribution in [1.29, 1.82) is 0 Å². The van der Waals surface area contributed by atoms with E-state index in [4.69, 9.17) is 4.74 Å². The third kappa shape index (κ3) is 4.24. The second-order valence-corrected chi connectivity index (χ2v) is 7.42. The molecule has 0 aliphatic heterocycles. The number of thiazole rings is 1. The Morgan fingerprint density at radius 1 is 1.34 bits per heavy atom. The van der Waals surface area contributed by atoms with Crippen LogP contribution in [0.2, 0.25) is 0 Å². The van der Waals surface area contributed by atoms with Gasteiger partial charge in [-0.05, 0) is 25.8 Å². The van der Waals surface area contributed by atoms with E-state index in [1.54, 1.807) is 12.3 Å². The fraction of sp³-hybridized carbons (Fsp3) is 0.389. The number of aromatic nitrogens is 4. The van der Waals surface area contributed by atoms with Crippen LogP contribution >= 0.6 is 11.3 Å². The molecular weight excluding hydrogens is 404 g/mol. The molecule has 1 aliphatic carbocycles. The predicted molar refractivity (Wildman–Crippen MR) is 100 cm³/mol. The average molecular weight is 421 g/mol. The highest BCUT2D eigenvalue weighted by atomic mass is 32.1. The molecule has 0 spiro atoms. The molecule has 0 radical (unpaired) electrons. The number of esters is 1. The number of carbonyl (C=O) groups is 2. The number of ether oxygens (including phenoxy) is 1. The lowest BCUT2D eigenvalue weighted by molar-refractivity contribution is -0.142. The van der Waals surface area contributed by atoms with E-state index in [1.165, 1.54) is 12.1 Å². The Bertz CT molecular complexity index is 1080. The number of anilines is 1. The Morgan fingerprint density at radius 3 is 2.83 bits per heavy atom. The number of amides is 1. The second kappa shape index (κ2) is 7.82. The van der Waals surface area contributed by atoms with Gasteiger partial charge < -0.3 is 4.74 Å². The molecule has 3 heterocycles. The highest BCUT2D eigenvalue weighted by Gasteiger charge is 2.28. The molecule has 1 fully saturated rings. The smallest absolute Gasteiger partial charge is 0.311 e. The van der Waals surface area contributed by atoms with Crippen LogP contribution in [0, 0.1) is 0 Å². The minimum absolute atomic E-state index is 0.000186. The molecule has 29 heavy (non-hydrogen) atoms. The summed E-state index contributed by atoms with van der Waals surface area (Å²) in [6.07, 6.45) is -0.893. The number of hydrogen-bond donors (Lipinski definition) is 1. The van der Waals surface area contributed by atoms with Crippen molar-refractivity contribution in [2.45, 2.75) is 38.5 Å². The van der Waals surface area contributed by atoms with Crippen LogP contribution in [0.1, 0.15) is 59.7 Å². The van der Waals surface area contributed by atoms with E-state index in [2.05, 4.69) is 20.4 Å². The lowest BCUT2D eigenvalue weighted by Crippen LogP contribution is -2.13. The van der Waals surface area contributed by atoms with Gasteiger partial charge in [0.25, 0.3) is 12.3 Å².